The normalized spacial score (nSPS) is 21.1. The van der Waals surface area contributed by atoms with E-state index >= 15 is 0 Å². The second-order valence-electron chi connectivity index (χ2n) is 10.5. The molecule has 2 aliphatic heterocycles. The number of anilines is 1. The van der Waals surface area contributed by atoms with E-state index in [0.717, 1.165) is 12.8 Å². The predicted molar refractivity (Wildman–Crippen MR) is 146 cm³/mol. The summed E-state index contributed by atoms with van der Waals surface area (Å²) in [4.78, 5) is 21.3. The minimum atomic E-state index is -3.87. The Balaban J connectivity index is 1.58. The van der Waals surface area contributed by atoms with Crippen LogP contribution in [0.25, 0.3) is 0 Å². The average Bonchev–Trinajstić information content (AvgIpc) is 3.68. The van der Waals surface area contributed by atoms with E-state index in [1.165, 1.54) is 31.0 Å². The number of likely N-dealkylation sites (tertiary alicyclic amines) is 1. The first-order valence-corrected chi connectivity index (χ1v) is 14.8. The zero-order chi connectivity index (χ0) is 28.3. The van der Waals surface area contributed by atoms with Crippen LogP contribution < -0.4 is 14.9 Å². The van der Waals surface area contributed by atoms with Gasteiger partial charge in [-0.05, 0) is 62.9 Å². The van der Waals surface area contributed by atoms with Crippen molar-refractivity contribution in [2.24, 2.45) is 10.4 Å². The Hall–Kier alpha value is -2.83. The highest BCUT2D eigenvalue weighted by molar-refractivity contribution is 7.89. The number of nitrogens with zero attached hydrogens (tertiary/aromatic N) is 3. The summed E-state index contributed by atoms with van der Waals surface area (Å²) in [6, 6.07) is 4.38. The molecule has 12 heteroatoms. The lowest BCUT2D eigenvalue weighted by atomic mass is 9.93. The maximum Gasteiger partial charge on any atom is 0.257 e. The fourth-order valence-corrected chi connectivity index (χ4v) is 6.16. The number of allylic oxidation sites excluding steroid dienone is 2. The third-order valence-electron chi connectivity index (χ3n) is 7.88. The maximum atomic E-state index is 13.6. The van der Waals surface area contributed by atoms with Crippen LogP contribution in [0.5, 0.6) is 0 Å². The molecule has 214 valence electrons. The van der Waals surface area contributed by atoms with E-state index in [1.807, 2.05) is 0 Å². The summed E-state index contributed by atoms with van der Waals surface area (Å²) in [5.74, 6) is -2.74. The number of rotatable bonds is 10. The summed E-state index contributed by atoms with van der Waals surface area (Å²) < 4.78 is 55.1. The molecule has 1 aromatic carbocycles. The monoisotopic (exact) mass is 565 g/mol. The molecule has 1 amide bonds. The first-order valence-electron chi connectivity index (χ1n) is 13.3. The Morgan fingerprint density at radius 2 is 1.79 bits per heavy atom. The number of carbonyl (C=O) groups is 1. The lowest BCUT2D eigenvalue weighted by molar-refractivity contribution is -0.0491. The summed E-state index contributed by atoms with van der Waals surface area (Å²) in [7, 11) is -3.87. The van der Waals surface area contributed by atoms with Gasteiger partial charge in [-0.1, -0.05) is 6.08 Å². The van der Waals surface area contributed by atoms with E-state index < -0.39 is 21.9 Å². The van der Waals surface area contributed by atoms with E-state index in [-0.39, 0.29) is 44.0 Å². The van der Waals surface area contributed by atoms with Gasteiger partial charge in [0.05, 0.1) is 22.8 Å². The molecule has 1 saturated carbocycles. The van der Waals surface area contributed by atoms with E-state index in [2.05, 4.69) is 26.6 Å². The highest BCUT2D eigenvalue weighted by Crippen LogP contribution is 2.54. The number of hydrogen-bond acceptors (Lipinski definition) is 7. The summed E-state index contributed by atoms with van der Waals surface area (Å²) in [5.41, 5.74) is 1.65. The minimum absolute atomic E-state index is 0.0143. The molecule has 0 aromatic heterocycles. The topological polar surface area (TPSA) is 114 Å². The number of hydrogen-bond donors (Lipinski definition) is 3. The van der Waals surface area contributed by atoms with Crippen LogP contribution in [0.2, 0.25) is 0 Å². The van der Waals surface area contributed by atoms with Gasteiger partial charge in [0.15, 0.2) is 0 Å². The van der Waals surface area contributed by atoms with Crippen LogP contribution in [0.4, 0.5) is 14.5 Å². The van der Waals surface area contributed by atoms with Crippen LogP contribution in [0.15, 0.2) is 51.8 Å². The molecule has 39 heavy (non-hydrogen) atoms. The number of amides is 1. The van der Waals surface area contributed by atoms with Crippen molar-refractivity contribution in [3.8, 4) is 0 Å². The lowest BCUT2D eigenvalue weighted by Gasteiger charge is -2.35. The minimum Gasteiger partial charge on any atom is -0.395 e. The van der Waals surface area contributed by atoms with Crippen molar-refractivity contribution >= 4 is 28.3 Å². The third kappa shape index (κ3) is 7.03. The summed E-state index contributed by atoms with van der Waals surface area (Å²) in [5, 5.41) is 11.9. The largest absolute Gasteiger partial charge is 0.395 e. The van der Waals surface area contributed by atoms with E-state index in [0.29, 0.717) is 41.3 Å². The molecule has 2 saturated heterocycles. The fraction of sp³-hybridized carbons (Fsp3) is 0.556. The van der Waals surface area contributed by atoms with Gasteiger partial charge in [-0.2, -0.15) is 0 Å². The first kappa shape index (κ1) is 29.2. The highest BCUT2D eigenvalue weighted by Gasteiger charge is 2.44. The van der Waals surface area contributed by atoms with Crippen LogP contribution in [0.1, 0.15) is 55.8 Å². The van der Waals surface area contributed by atoms with Gasteiger partial charge in [-0.15, -0.1) is 0 Å². The average molecular weight is 566 g/mol. The molecule has 4 rings (SSSR count). The molecule has 9 nitrogen and oxygen atoms in total. The van der Waals surface area contributed by atoms with Crippen LogP contribution >= 0.6 is 0 Å². The third-order valence-corrected chi connectivity index (χ3v) is 9.34. The molecular weight excluding hydrogens is 528 g/mol. The number of piperidine rings is 2. The van der Waals surface area contributed by atoms with Gasteiger partial charge in [-0.25, -0.2) is 26.9 Å². The Morgan fingerprint density at radius 1 is 1.13 bits per heavy atom. The van der Waals surface area contributed by atoms with Crippen LogP contribution in [0, 0.1) is 5.41 Å². The second kappa shape index (κ2) is 11.7. The maximum absolute atomic E-state index is 13.6. The van der Waals surface area contributed by atoms with Crippen molar-refractivity contribution in [2.45, 2.75) is 56.3 Å². The molecule has 0 unspecified atom stereocenters. The number of sulfonamides is 1. The van der Waals surface area contributed by atoms with Gasteiger partial charge in [0.1, 0.15) is 5.82 Å². The van der Waals surface area contributed by atoms with Crippen molar-refractivity contribution in [2.75, 3.05) is 44.2 Å². The summed E-state index contributed by atoms with van der Waals surface area (Å²) in [6.45, 7) is 6.55. The van der Waals surface area contributed by atoms with E-state index in [4.69, 9.17) is 5.11 Å². The number of carbonyl (C=O) groups excluding carboxylic acids is 1. The van der Waals surface area contributed by atoms with Crippen LogP contribution in [-0.4, -0.2) is 76.3 Å². The molecule has 1 aromatic rings. The number of aliphatic hydroxyl groups excluding tert-OH is 1. The van der Waals surface area contributed by atoms with E-state index in [9.17, 15) is 22.0 Å². The summed E-state index contributed by atoms with van der Waals surface area (Å²) in [6.07, 6.45) is 7.11. The van der Waals surface area contributed by atoms with E-state index in [1.54, 1.807) is 24.0 Å². The zero-order valence-electron chi connectivity index (χ0n) is 22.3. The smallest absolute Gasteiger partial charge is 0.257 e. The molecule has 1 aliphatic carbocycles. The number of alkyl halides is 2. The predicted octanol–water partition coefficient (Wildman–Crippen LogP) is 3.24. The molecule has 1 spiro atoms. The number of aliphatic hydroxyl groups is 1. The second-order valence-corrected chi connectivity index (χ2v) is 12.3. The Labute approximate surface area is 228 Å². The molecule has 3 fully saturated rings. The molecule has 3 aliphatic rings. The molecule has 0 atom stereocenters. The summed E-state index contributed by atoms with van der Waals surface area (Å²) >= 11 is 0. The van der Waals surface area contributed by atoms with Crippen molar-refractivity contribution in [1.29, 1.82) is 0 Å². The van der Waals surface area contributed by atoms with Gasteiger partial charge in [0, 0.05) is 57.3 Å². The molecule has 3 N–H and O–H groups in total. The van der Waals surface area contributed by atoms with Gasteiger partial charge in [-0.3, -0.25) is 4.79 Å². The Kier molecular flexibility index (Phi) is 8.77. The van der Waals surface area contributed by atoms with Gasteiger partial charge < -0.3 is 20.2 Å². The van der Waals surface area contributed by atoms with Crippen molar-refractivity contribution < 1.29 is 27.1 Å². The lowest BCUT2D eigenvalue weighted by Crippen LogP contribution is -2.38. The number of benzene rings is 1. The molecule has 0 bridgehead atoms. The van der Waals surface area contributed by atoms with Crippen molar-refractivity contribution in [1.82, 2.24) is 14.9 Å². The van der Waals surface area contributed by atoms with Crippen LogP contribution in [-0.2, 0) is 10.0 Å². The molecule has 2 heterocycles. The Bertz CT molecular complexity index is 1240. The molecular formula is C27H37F2N5O4S. The highest BCUT2D eigenvalue weighted by atomic mass is 32.2. The Morgan fingerprint density at radius 3 is 2.36 bits per heavy atom. The fourth-order valence-electron chi connectivity index (χ4n) is 5.12. The van der Waals surface area contributed by atoms with Crippen molar-refractivity contribution in [3.05, 3.63) is 47.4 Å². The number of aliphatic imine (C=N–C) groups is 1. The van der Waals surface area contributed by atoms with Gasteiger partial charge in [0.2, 0.25) is 10.0 Å². The zero-order valence-corrected chi connectivity index (χ0v) is 23.1. The first-order chi connectivity index (χ1) is 18.5. The quantitative estimate of drug-likeness (QED) is 0.297. The number of nitrogens with one attached hydrogen (secondary N) is 2. The van der Waals surface area contributed by atoms with Gasteiger partial charge in [0.25, 0.3) is 11.8 Å². The molecule has 0 radical (unpaired) electrons. The van der Waals surface area contributed by atoms with Gasteiger partial charge >= 0.3 is 0 Å². The van der Waals surface area contributed by atoms with Crippen LogP contribution in [0.3, 0.4) is 0 Å². The van der Waals surface area contributed by atoms with Crippen molar-refractivity contribution in [3.63, 3.8) is 0 Å². The SMILES string of the molecule is C=N/C(=C\C(=C/C)NC(=O)c1ccc(S(=O)(=O)NCCO)cc1N1CCC2(CC1)CC2)N1CCC(F)(F)CC1. The standard InChI is InChI=1S/C27H37F2N5O4S/c1-3-20(18-24(30-2)34-15-10-27(28,29)11-16-34)32-25(36)22-5-4-21(39(37,38)31-12-17-35)19-23(22)33-13-8-26(6-7-26)9-14-33/h3-5,18-19,31,35H,2,6-17H2,1H3,(H,32,36)/b20-3+,24-18+. The number of halogens is 2.